The average molecular weight is 252 g/mol. The lowest BCUT2D eigenvalue weighted by molar-refractivity contribution is -0.144. The predicted octanol–water partition coefficient (Wildman–Crippen LogP) is 2.50. The van der Waals surface area contributed by atoms with Gasteiger partial charge in [0.15, 0.2) is 0 Å². The third-order valence-electron chi connectivity index (χ3n) is 2.88. The van der Waals surface area contributed by atoms with E-state index in [1.807, 2.05) is 22.9 Å². The van der Waals surface area contributed by atoms with E-state index in [0.29, 0.717) is 13.2 Å². The van der Waals surface area contributed by atoms with Crippen molar-refractivity contribution in [1.29, 1.82) is 0 Å². The predicted molar refractivity (Wildman–Crippen MR) is 72.4 cm³/mol. The minimum absolute atomic E-state index is 0.162. The van der Waals surface area contributed by atoms with E-state index >= 15 is 0 Å². The number of rotatable bonds is 8. The highest BCUT2D eigenvalue weighted by atomic mass is 16.5. The van der Waals surface area contributed by atoms with Crippen LogP contribution >= 0.6 is 0 Å². The monoisotopic (exact) mass is 252 g/mol. The Labute approximate surface area is 109 Å². The summed E-state index contributed by atoms with van der Waals surface area (Å²) in [4.78, 5) is 11.7. The Hall–Kier alpha value is -1.29. The molecule has 4 nitrogen and oxygen atoms in total. The zero-order chi connectivity index (χ0) is 13.4. The van der Waals surface area contributed by atoms with E-state index in [2.05, 4.69) is 26.1 Å². The molecule has 4 heteroatoms. The van der Waals surface area contributed by atoms with Crippen LogP contribution in [0.25, 0.3) is 0 Å². The molecule has 1 atom stereocenters. The molecule has 102 valence electrons. The third kappa shape index (κ3) is 4.53. The molecule has 18 heavy (non-hydrogen) atoms. The number of nitrogens with zero attached hydrogens (tertiary/aromatic N) is 1. The number of unbranched alkanes of at least 4 members (excludes halogenated alkanes) is 1. The maximum atomic E-state index is 11.7. The Morgan fingerprint density at radius 1 is 1.50 bits per heavy atom. The van der Waals surface area contributed by atoms with Crippen molar-refractivity contribution in [2.24, 2.45) is 0 Å². The first-order valence-corrected chi connectivity index (χ1v) is 6.73. The zero-order valence-corrected chi connectivity index (χ0v) is 11.6. The summed E-state index contributed by atoms with van der Waals surface area (Å²) < 4.78 is 7.12. The molecular weight excluding hydrogens is 228 g/mol. The van der Waals surface area contributed by atoms with Gasteiger partial charge in [-0.05, 0) is 32.0 Å². The SMILES string of the molecule is CCCCOC(=O)Cn1cccc1C(C)NCC. The van der Waals surface area contributed by atoms with Gasteiger partial charge >= 0.3 is 5.97 Å². The smallest absolute Gasteiger partial charge is 0.325 e. The van der Waals surface area contributed by atoms with E-state index in [4.69, 9.17) is 4.74 Å². The number of ether oxygens (including phenoxy) is 1. The van der Waals surface area contributed by atoms with Crippen molar-refractivity contribution in [2.45, 2.75) is 46.2 Å². The Bertz CT molecular complexity index is 360. The van der Waals surface area contributed by atoms with Crippen LogP contribution in [0, 0.1) is 0 Å². The fourth-order valence-electron chi connectivity index (χ4n) is 1.89. The van der Waals surface area contributed by atoms with Gasteiger partial charge in [0.2, 0.25) is 0 Å². The summed E-state index contributed by atoms with van der Waals surface area (Å²) >= 11 is 0. The number of esters is 1. The number of hydrogen-bond donors (Lipinski definition) is 1. The Morgan fingerprint density at radius 3 is 2.94 bits per heavy atom. The summed E-state index contributed by atoms with van der Waals surface area (Å²) in [5.41, 5.74) is 1.12. The molecule has 0 spiro atoms. The van der Waals surface area contributed by atoms with Crippen molar-refractivity contribution in [3.05, 3.63) is 24.0 Å². The summed E-state index contributed by atoms with van der Waals surface area (Å²) in [6.45, 7) is 7.97. The molecule has 1 aromatic rings. The molecule has 0 saturated carbocycles. The first-order chi connectivity index (χ1) is 8.69. The van der Waals surface area contributed by atoms with E-state index in [-0.39, 0.29) is 12.0 Å². The largest absolute Gasteiger partial charge is 0.464 e. The van der Waals surface area contributed by atoms with Gasteiger partial charge in [-0.15, -0.1) is 0 Å². The molecule has 0 fully saturated rings. The van der Waals surface area contributed by atoms with Crippen LogP contribution in [0.1, 0.15) is 45.3 Å². The fourth-order valence-corrected chi connectivity index (χ4v) is 1.89. The summed E-state index contributed by atoms with van der Waals surface area (Å²) in [5.74, 6) is -0.162. The highest BCUT2D eigenvalue weighted by Gasteiger charge is 2.11. The van der Waals surface area contributed by atoms with Gasteiger partial charge in [0.1, 0.15) is 6.54 Å². The van der Waals surface area contributed by atoms with Gasteiger partial charge in [-0.2, -0.15) is 0 Å². The van der Waals surface area contributed by atoms with E-state index in [1.54, 1.807) is 0 Å². The number of nitrogens with one attached hydrogen (secondary N) is 1. The average Bonchev–Trinajstić information content (AvgIpc) is 2.78. The molecule has 1 unspecified atom stereocenters. The highest BCUT2D eigenvalue weighted by Crippen LogP contribution is 2.13. The maximum Gasteiger partial charge on any atom is 0.325 e. The fraction of sp³-hybridized carbons (Fsp3) is 0.643. The summed E-state index contributed by atoms with van der Waals surface area (Å²) in [7, 11) is 0. The van der Waals surface area contributed by atoms with Crippen molar-refractivity contribution >= 4 is 5.97 Å². The van der Waals surface area contributed by atoms with Crippen molar-refractivity contribution in [3.63, 3.8) is 0 Å². The second-order valence-electron chi connectivity index (χ2n) is 4.41. The molecule has 1 heterocycles. The molecule has 1 N–H and O–H groups in total. The molecule has 0 aliphatic heterocycles. The number of carbonyl (C=O) groups is 1. The summed E-state index contributed by atoms with van der Waals surface area (Å²) in [5, 5.41) is 3.34. The summed E-state index contributed by atoms with van der Waals surface area (Å²) in [6.07, 6.45) is 3.89. The molecule has 0 aliphatic carbocycles. The van der Waals surface area contributed by atoms with Crippen LogP contribution in [-0.2, 0) is 16.1 Å². The van der Waals surface area contributed by atoms with Gasteiger partial charge < -0.3 is 14.6 Å². The standard InChI is InChI=1S/C14H24N2O2/c1-4-6-10-18-14(17)11-16-9-7-8-13(16)12(3)15-5-2/h7-9,12,15H,4-6,10-11H2,1-3H3. The molecule has 0 saturated heterocycles. The van der Waals surface area contributed by atoms with Crippen molar-refractivity contribution in [1.82, 2.24) is 9.88 Å². The first-order valence-electron chi connectivity index (χ1n) is 6.73. The number of hydrogen-bond acceptors (Lipinski definition) is 3. The van der Waals surface area contributed by atoms with Crippen LogP contribution in [0.2, 0.25) is 0 Å². The number of aromatic nitrogens is 1. The van der Waals surface area contributed by atoms with Gasteiger partial charge in [0.25, 0.3) is 0 Å². The molecule has 1 aromatic heterocycles. The van der Waals surface area contributed by atoms with Crippen molar-refractivity contribution < 1.29 is 9.53 Å². The van der Waals surface area contributed by atoms with Crippen LogP contribution in [0.15, 0.2) is 18.3 Å². The topological polar surface area (TPSA) is 43.3 Å². The van der Waals surface area contributed by atoms with Gasteiger partial charge in [-0.1, -0.05) is 20.3 Å². The van der Waals surface area contributed by atoms with E-state index in [9.17, 15) is 4.79 Å². The second kappa shape index (κ2) is 7.93. The van der Waals surface area contributed by atoms with Gasteiger partial charge in [-0.3, -0.25) is 4.79 Å². The third-order valence-corrected chi connectivity index (χ3v) is 2.88. The van der Waals surface area contributed by atoms with E-state index in [0.717, 1.165) is 25.1 Å². The lowest BCUT2D eigenvalue weighted by Gasteiger charge is -2.15. The van der Waals surface area contributed by atoms with Crippen LogP contribution in [0.4, 0.5) is 0 Å². The molecule has 0 aliphatic rings. The maximum absolute atomic E-state index is 11.7. The molecule has 0 bridgehead atoms. The van der Waals surface area contributed by atoms with Crippen LogP contribution < -0.4 is 5.32 Å². The molecule has 0 radical (unpaired) electrons. The van der Waals surface area contributed by atoms with E-state index in [1.165, 1.54) is 0 Å². The zero-order valence-electron chi connectivity index (χ0n) is 11.6. The summed E-state index contributed by atoms with van der Waals surface area (Å²) in [6, 6.07) is 4.24. The van der Waals surface area contributed by atoms with Crippen molar-refractivity contribution in [3.8, 4) is 0 Å². The van der Waals surface area contributed by atoms with Crippen molar-refractivity contribution in [2.75, 3.05) is 13.2 Å². The number of carbonyl (C=O) groups excluding carboxylic acids is 1. The second-order valence-corrected chi connectivity index (χ2v) is 4.41. The minimum Gasteiger partial charge on any atom is -0.464 e. The van der Waals surface area contributed by atoms with Gasteiger partial charge in [-0.25, -0.2) is 0 Å². The normalized spacial score (nSPS) is 12.4. The molecule has 0 aromatic carbocycles. The quantitative estimate of drug-likeness (QED) is 0.571. The first kappa shape index (κ1) is 14.8. The van der Waals surface area contributed by atoms with Crippen LogP contribution in [0.5, 0.6) is 0 Å². The Balaban J connectivity index is 2.51. The molecule has 1 rings (SSSR count). The Morgan fingerprint density at radius 2 is 2.28 bits per heavy atom. The van der Waals surface area contributed by atoms with Gasteiger partial charge in [0.05, 0.1) is 6.61 Å². The van der Waals surface area contributed by atoms with E-state index < -0.39 is 0 Å². The lowest BCUT2D eigenvalue weighted by atomic mass is 10.2. The molecule has 0 amide bonds. The minimum atomic E-state index is -0.162. The van der Waals surface area contributed by atoms with Crippen LogP contribution in [0.3, 0.4) is 0 Å². The Kier molecular flexibility index (Phi) is 6.50. The highest BCUT2D eigenvalue weighted by molar-refractivity contribution is 5.69. The van der Waals surface area contributed by atoms with Crippen LogP contribution in [-0.4, -0.2) is 23.7 Å². The lowest BCUT2D eigenvalue weighted by Crippen LogP contribution is -2.23. The molecular formula is C14H24N2O2. The van der Waals surface area contributed by atoms with Gasteiger partial charge in [0, 0.05) is 17.9 Å².